The lowest BCUT2D eigenvalue weighted by atomic mass is 9.87. The predicted molar refractivity (Wildman–Crippen MR) is 85.8 cm³/mol. The second-order valence-corrected chi connectivity index (χ2v) is 5.98. The second kappa shape index (κ2) is 7.23. The molecule has 0 aliphatic carbocycles. The van der Waals surface area contributed by atoms with Crippen LogP contribution in [0.4, 0.5) is 0 Å². The fourth-order valence-corrected chi connectivity index (χ4v) is 3.25. The summed E-state index contributed by atoms with van der Waals surface area (Å²) in [7, 11) is 3.14. The van der Waals surface area contributed by atoms with E-state index in [1.54, 1.807) is 20.3 Å². The molecule has 0 saturated heterocycles. The average Bonchev–Trinajstić information content (AvgIpc) is 2.54. The summed E-state index contributed by atoms with van der Waals surface area (Å²) in [6.07, 6.45) is 0.256. The Bertz CT molecular complexity index is 649. The van der Waals surface area contributed by atoms with E-state index >= 15 is 0 Å². The van der Waals surface area contributed by atoms with Gasteiger partial charge in [0.15, 0.2) is 11.5 Å². The highest BCUT2D eigenvalue weighted by Gasteiger charge is 2.29. The van der Waals surface area contributed by atoms with Crippen LogP contribution >= 0.6 is 11.8 Å². The monoisotopic (exact) mass is 318 g/mol. The van der Waals surface area contributed by atoms with Gasteiger partial charge in [-0.25, -0.2) is 0 Å². The molecule has 0 aromatic heterocycles. The number of allylic oxidation sites excluding steroid dienone is 1. The molecule has 0 unspecified atom stereocenters. The fourth-order valence-electron chi connectivity index (χ4n) is 2.43. The lowest BCUT2D eigenvalue weighted by molar-refractivity contribution is -0.120. The molecule has 1 aromatic rings. The highest BCUT2D eigenvalue weighted by Crippen LogP contribution is 2.39. The van der Waals surface area contributed by atoms with E-state index in [-0.39, 0.29) is 18.2 Å². The first-order chi connectivity index (χ1) is 10.6. The van der Waals surface area contributed by atoms with Crippen LogP contribution in [0.25, 0.3) is 0 Å². The van der Waals surface area contributed by atoms with Crippen molar-refractivity contribution in [2.75, 3.05) is 20.0 Å². The zero-order valence-electron chi connectivity index (χ0n) is 12.8. The van der Waals surface area contributed by atoms with Gasteiger partial charge in [-0.3, -0.25) is 4.79 Å². The van der Waals surface area contributed by atoms with Crippen LogP contribution in [0.2, 0.25) is 0 Å². The molecule has 0 bridgehead atoms. The third-order valence-corrected chi connectivity index (χ3v) is 4.35. The van der Waals surface area contributed by atoms with Crippen molar-refractivity contribution in [3.63, 3.8) is 0 Å². The Morgan fingerprint density at radius 2 is 2.09 bits per heavy atom. The van der Waals surface area contributed by atoms with E-state index in [1.807, 2.05) is 19.1 Å². The summed E-state index contributed by atoms with van der Waals surface area (Å²) in [4.78, 5) is 11.9. The molecule has 1 aromatic carbocycles. The van der Waals surface area contributed by atoms with Crippen LogP contribution in [0.5, 0.6) is 11.5 Å². The summed E-state index contributed by atoms with van der Waals surface area (Å²) in [6.45, 7) is 1.98. The molecule has 1 atom stereocenters. The SMILES string of the molecule is CCSC1=C(C#N)[C@@H](c2ccc(OC)c(OC)c2)CC(=O)N1. The van der Waals surface area contributed by atoms with Gasteiger partial charge in [0.1, 0.15) is 0 Å². The van der Waals surface area contributed by atoms with Gasteiger partial charge in [-0.1, -0.05) is 13.0 Å². The third-order valence-electron chi connectivity index (χ3n) is 3.45. The zero-order chi connectivity index (χ0) is 16.1. The first-order valence-corrected chi connectivity index (χ1v) is 7.92. The van der Waals surface area contributed by atoms with Crippen LogP contribution in [0, 0.1) is 11.3 Å². The number of carbonyl (C=O) groups is 1. The lowest BCUT2D eigenvalue weighted by Gasteiger charge is -2.25. The molecule has 0 radical (unpaired) electrons. The zero-order valence-corrected chi connectivity index (χ0v) is 13.6. The number of nitrogens with zero attached hydrogens (tertiary/aromatic N) is 1. The molecule has 6 heteroatoms. The van der Waals surface area contributed by atoms with Gasteiger partial charge in [-0.05, 0) is 23.4 Å². The molecular formula is C16H18N2O3S. The average molecular weight is 318 g/mol. The minimum atomic E-state index is -0.257. The highest BCUT2D eigenvalue weighted by atomic mass is 32.2. The van der Waals surface area contributed by atoms with Gasteiger partial charge in [-0.2, -0.15) is 5.26 Å². The molecule has 1 heterocycles. The maximum absolute atomic E-state index is 11.9. The van der Waals surface area contributed by atoms with Gasteiger partial charge in [0.2, 0.25) is 5.91 Å². The molecule has 116 valence electrons. The van der Waals surface area contributed by atoms with Crippen LogP contribution in [-0.4, -0.2) is 25.9 Å². The summed E-state index contributed by atoms with van der Waals surface area (Å²) < 4.78 is 10.5. The molecule has 0 spiro atoms. The summed E-state index contributed by atoms with van der Waals surface area (Å²) in [6, 6.07) is 7.74. The Balaban J connectivity index is 2.47. The van der Waals surface area contributed by atoms with Crippen molar-refractivity contribution >= 4 is 17.7 Å². The number of carbonyl (C=O) groups excluding carboxylic acids is 1. The summed E-state index contributed by atoms with van der Waals surface area (Å²) in [5.74, 6) is 1.67. The standard InChI is InChI=1S/C16H18N2O3S/c1-4-22-16-12(9-17)11(8-15(19)18-16)10-5-6-13(20-2)14(7-10)21-3/h5-7,11H,4,8H2,1-3H3,(H,18,19)/t11-/m1/s1. The van der Waals surface area contributed by atoms with E-state index < -0.39 is 0 Å². The largest absolute Gasteiger partial charge is 0.493 e. The Morgan fingerprint density at radius 3 is 2.68 bits per heavy atom. The number of rotatable bonds is 5. The number of nitrogens with one attached hydrogen (secondary N) is 1. The van der Waals surface area contributed by atoms with Crippen molar-refractivity contribution in [3.05, 3.63) is 34.4 Å². The Hall–Kier alpha value is -2.13. The van der Waals surface area contributed by atoms with Crippen LogP contribution in [-0.2, 0) is 4.79 Å². The van der Waals surface area contributed by atoms with E-state index in [4.69, 9.17) is 9.47 Å². The summed E-state index contributed by atoms with van der Waals surface area (Å²) >= 11 is 1.47. The molecule has 22 heavy (non-hydrogen) atoms. The quantitative estimate of drug-likeness (QED) is 0.904. The van der Waals surface area contributed by atoms with E-state index in [2.05, 4.69) is 11.4 Å². The molecule has 5 nitrogen and oxygen atoms in total. The molecule has 1 aliphatic heterocycles. The summed E-state index contributed by atoms with van der Waals surface area (Å²) in [5, 5.41) is 13.0. The number of thioether (sulfide) groups is 1. The third kappa shape index (κ3) is 3.20. The van der Waals surface area contributed by atoms with Crippen molar-refractivity contribution in [1.29, 1.82) is 5.26 Å². The Labute approximate surface area is 134 Å². The van der Waals surface area contributed by atoms with Crippen molar-refractivity contribution in [1.82, 2.24) is 5.32 Å². The molecule has 0 fully saturated rings. The van der Waals surface area contributed by atoms with Crippen molar-refractivity contribution in [2.24, 2.45) is 0 Å². The van der Waals surface area contributed by atoms with E-state index in [0.29, 0.717) is 22.1 Å². The van der Waals surface area contributed by atoms with Crippen LogP contribution in [0.3, 0.4) is 0 Å². The molecule has 2 rings (SSSR count). The first kappa shape index (κ1) is 16.2. The minimum absolute atomic E-state index is 0.0743. The smallest absolute Gasteiger partial charge is 0.225 e. The normalized spacial score (nSPS) is 17.7. The van der Waals surface area contributed by atoms with E-state index in [9.17, 15) is 10.1 Å². The first-order valence-electron chi connectivity index (χ1n) is 6.93. The van der Waals surface area contributed by atoms with Gasteiger partial charge in [0.25, 0.3) is 0 Å². The lowest BCUT2D eigenvalue weighted by Crippen LogP contribution is -2.30. The number of nitriles is 1. The van der Waals surface area contributed by atoms with E-state index in [0.717, 1.165) is 11.3 Å². The van der Waals surface area contributed by atoms with Gasteiger partial charge < -0.3 is 14.8 Å². The van der Waals surface area contributed by atoms with Gasteiger partial charge in [0.05, 0.1) is 30.9 Å². The topological polar surface area (TPSA) is 71.3 Å². The molecule has 1 N–H and O–H groups in total. The Morgan fingerprint density at radius 1 is 1.36 bits per heavy atom. The number of benzene rings is 1. The van der Waals surface area contributed by atoms with Crippen LogP contribution in [0.15, 0.2) is 28.8 Å². The predicted octanol–water partition coefficient (Wildman–Crippen LogP) is 2.80. The molecule has 1 amide bonds. The number of hydrogen-bond donors (Lipinski definition) is 1. The van der Waals surface area contributed by atoms with E-state index in [1.165, 1.54) is 11.8 Å². The number of hydrogen-bond acceptors (Lipinski definition) is 5. The van der Waals surface area contributed by atoms with Crippen molar-refractivity contribution in [3.8, 4) is 17.6 Å². The minimum Gasteiger partial charge on any atom is -0.493 e. The van der Waals surface area contributed by atoms with Gasteiger partial charge >= 0.3 is 0 Å². The van der Waals surface area contributed by atoms with Gasteiger partial charge in [-0.15, -0.1) is 11.8 Å². The maximum atomic E-state index is 11.9. The molecular weight excluding hydrogens is 300 g/mol. The molecule has 1 aliphatic rings. The number of ether oxygens (including phenoxy) is 2. The van der Waals surface area contributed by atoms with Crippen LogP contribution in [0.1, 0.15) is 24.8 Å². The van der Waals surface area contributed by atoms with Crippen molar-refractivity contribution in [2.45, 2.75) is 19.3 Å². The molecule has 0 saturated carbocycles. The second-order valence-electron chi connectivity index (χ2n) is 4.71. The number of methoxy groups -OCH3 is 2. The van der Waals surface area contributed by atoms with Crippen molar-refractivity contribution < 1.29 is 14.3 Å². The van der Waals surface area contributed by atoms with Gasteiger partial charge in [0, 0.05) is 12.3 Å². The summed E-state index contributed by atoms with van der Waals surface area (Å²) in [5.41, 5.74) is 1.47. The highest BCUT2D eigenvalue weighted by molar-refractivity contribution is 8.03. The fraction of sp³-hybridized carbons (Fsp3) is 0.375. The maximum Gasteiger partial charge on any atom is 0.225 e. The van der Waals surface area contributed by atoms with Crippen LogP contribution < -0.4 is 14.8 Å². The Kier molecular flexibility index (Phi) is 5.34. The number of amides is 1.